The molecule has 0 unspecified atom stereocenters. The minimum Gasteiger partial charge on any atom is -0.481 e. The fraction of sp³-hybridized carbons (Fsp3) is 0.600. The Bertz CT molecular complexity index is 317. The van der Waals surface area contributed by atoms with E-state index in [1.807, 2.05) is 17.8 Å². The van der Waals surface area contributed by atoms with Crippen LogP contribution in [0, 0.1) is 10.6 Å². The van der Waals surface area contributed by atoms with Crippen molar-refractivity contribution in [2.45, 2.75) is 39.2 Å². The van der Waals surface area contributed by atoms with Gasteiger partial charge in [-0.3, -0.25) is 9.48 Å². The first-order valence-electron chi connectivity index (χ1n) is 5.01. The summed E-state index contributed by atoms with van der Waals surface area (Å²) in [5.41, 5.74) is 1.20. The fourth-order valence-corrected chi connectivity index (χ4v) is 1.76. The van der Waals surface area contributed by atoms with Crippen LogP contribution in [0.15, 0.2) is 6.20 Å². The molecule has 0 aliphatic rings. The molecule has 0 aliphatic heterocycles. The number of hydrogen-bond acceptors (Lipinski definition) is 2. The van der Waals surface area contributed by atoms with E-state index in [9.17, 15) is 4.79 Å². The van der Waals surface area contributed by atoms with Gasteiger partial charge in [0.1, 0.15) is 3.70 Å². The van der Waals surface area contributed by atoms with E-state index < -0.39 is 5.97 Å². The summed E-state index contributed by atoms with van der Waals surface area (Å²) in [5.74, 6) is -0.709. The van der Waals surface area contributed by atoms with Gasteiger partial charge in [-0.1, -0.05) is 6.42 Å². The molecule has 0 radical (unpaired) electrons. The predicted octanol–water partition coefficient (Wildman–Crippen LogP) is 2.44. The highest BCUT2D eigenvalue weighted by Gasteiger charge is 2.01. The molecule has 0 saturated heterocycles. The highest BCUT2D eigenvalue weighted by Crippen LogP contribution is 2.09. The lowest BCUT2D eigenvalue weighted by Crippen LogP contribution is -2.00. The van der Waals surface area contributed by atoms with E-state index >= 15 is 0 Å². The van der Waals surface area contributed by atoms with Crippen LogP contribution in [0.5, 0.6) is 0 Å². The number of nitrogens with zero attached hydrogens (tertiary/aromatic N) is 2. The van der Waals surface area contributed by atoms with E-state index in [2.05, 4.69) is 27.7 Å². The molecule has 0 saturated carbocycles. The lowest BCUT2D eigenvalue weighted by atomic mass is 10.2. The molecule has 4 nitrogen and oxygen atoms in total. The van der Waals surface area contributed by atoms with Crippen LogP contribution < -0.4 is 0 Å². The maximum atomic E-state index is 10.3. The Balaban J connectivity index is 2.18. The van der Waals surface area contributed by atoms with E-state index in [-0.39, 0.29) is 6.42 Å². The number of carboxylic acid groups (broad SMARTS) is 1. The van der Waals surface area contributed by atoms with Crippen molar-refractivity contribution in [2.24, 2.45) is 0 Å². The van der Waals surface area contributed by atoms with Crippen LogP contribution in [0.3, 0.4) is 0 Å². The number of carboxylic acids is 1. The first kappa shape index (κ1) is 12.5. The van der Waals surface area contributed by atoms with Gasteiger partial charge in [0.15, 0.2) is 0 Å². The van der Waals surface area contributed by atoms with Gasteiger partial charge in [-0.05, 0) is 42.4 Å². The summed E-state index contributed by atoms with van der Waals surface area (Å²) in [6, 6.07) is 0. The third kappa shape index (κ3) is 4.63. The first-order valence-corrected chi connectivity index (χ1v) is 6.09. The highest BCUT2D eigenvalue weighted by atomic mass is 127. The van der Waals surface area contributed by atoms with Gasteiger partial charge in [-0.25, -0.2) is 0 Å². The Hall–Kier alpha value is -0.590. The molecule has 0 spiro atoms. The van der Waals surface area contributed by atoms with Crippen molar-refractivity contribution in [2.75, 3.05) is 0 Å². The number of carbonyl (C=O) groups is 1. The zero-order chi connectivity index (χ0) is 11.3. The van der Waals surface area contributed by atoms with Crippen molar-refractivity contribution in [1.82, 2.24) is 9.78 Å². The summed E-state index contributed by atoms with van der Waals surface area (Å²) in [6.07, 6.45) is 4.99. The topological polar surface area (TPSA) is 55.1 Å². The normalized spacial score (nSPS) is 10.5. The molecular weight excluding hydrogens is 307 g/mol. The first-order chi connectivity index (χ1) is 7.09. The molecule has 1 heterocycles. The molecule has 1 aromatic heterocycles. The zero-order valence-electron chi connectivity index (χ0n) is 8.74. The van der Waals surface area contributed by atoms with Crippen LogP contribution in [0.2, 0.25) is 0 Å². The van der Waals surface area contributed by atoms with Gasteiger partial charge in [-0.2, -0.15) is 5.10 Å². The number of aryl methyl sites for hydroxylation is 2. The van der Waals surface area contributed by atoms with Gasteiger partial charge < -0.3 is 5.11 Å². The Morgan fingerprint density at radius 2 is 2.27 bits per heavy atom. The van der Waals surface area contributed by atoms with Crippen LogP contribution >= 0.6 is 22.6 Å². The molecule has 0 aromatic carbocycles. The minimum absolute atomic E-state index is 0.273. The van der Waals surface area contributed by atoms with Crippen molar-refractivity contribution in [3.05, 3.63) is 15.5 Å². The molecule has 1 rings (SSSR count). The lowest BCUT2D eigenvalue weighted by Gasteiger charge is -2.00. The molecule has 0 fully saturated rings. The molecule has 84 valence electrons. The molecule has 5 heteroatoms. The van der Waals surface area contributed by atoms with Crippen LogP contribution in [0.4, 0.5) is 0 Å². The molecule has 0 bridgehead atoms. The van der Waals surface area contributed by atoms with Crippen molar-refractivity contribution in [3.63, 3.8) is 0 Å². The predicted molar refractivity (Wildman–Crippen MR) is 65.8 cm³/mol. The molecule has 0 amide bonds. The molecular formula is C10H15IN2O2. The second kappa shape index (κ2) is 6.09. The SMILES string of the molecule is Cc1cn(CCCCCC(=O)O)nc1I. The minimum atomic E-state index is -0.709. The Morgan fingerprint density at radius 3 is 2.80 bits per heavy atom. The van der Waals surface area contributed by atoms with Gasteiger partial charge in [0, 0.05) is 24.7 Å². The second-order valence-electron chi connectivity index (χ2n) is 3.57. The van der Waals surface area contributed by atoms with Gasteiger partial charge in [-0.15, -0.1) is 0 Å². The van der Waals surface area contributed by atoms with Crippen LogP contribution in [-0.4, -0.2) is 20.9 Å². The zero-order valence-corrected chi connectivity index (χ0v) is 10.9. The van der Waals surface area contributed by atoms with Crippen molar-refractivity contribution in [3.8, 4) is 0 Å². The smallest absolute Gasteiger partial charge is 0.303 e. The van der Waals surface area contributed by atoms with Crippen LogP contribution in [0.25, 0.3) is 0 Å². The fourth-order valence-electron chi connectivity index (χ4n) is 1.34. The number of halogens is 1. The average Bonchev–Trinajstić information content (AvgIpc) is 2.45. The third-order valence-electron chi connectivity index (χ3n) is 2.16. The van der Waals surface area contributed by atoms with Crippen LogP contribution in [-0.2, 0) is 11.3 Å². The summed E-state index contributed by atoms with van der Waals surface area (Å²) in [5, 5.41) is 12.8. The summed E-state index contributed by atoms with van der Waals surface area (Å²) >= 11 is 2.21. The number of hydrogen-bond donors (Lipinski definition) is 1. The monoisotopic (exact) mass is 322 g/mol. The van der Waals surface area contributed by atoms with Gasteiger partial charge in [0.2, 0.25) is 0 Å². The average molecular weight is 322 g/mol. The summed E-state index contributed by atoms with van der Waals surface area (Å²) < 4.78 is 2.97. The van der Waals surface area contributed by atoms with E-state index in [4.69, 9.17) is 5.11 Å². The van der Waals surface area contributed by atoms with Gasteiger partial charge >= 0.3 is 5.97 Å². The second-order valence-corrected chi connectivity index (χ2v) is 4.59. The molecule has 0 aliphatic carbocycles. The molecule has 0 atom stereocenters. The van der Waals surface area contributed by atoms with Gasteiger partial charge in [0.25, 0.3) is 0 Å². The maximum Gasteiger partial charge on any atom is 0.303 e. The van der Waals surface area contributed by atoms with E-state index in [0.29, 0.717) is 0 Å². The Kier molecular flexibility index (Phi) is 5.07. The number of rotatable bonds is 6. The van der Waals surface area contributed by atoms with Gasteiger partial charge in [0.05, 0.1) is 0 Å². The Morgan fingerprint density at radius 1 is 1.53 bits per heavy atom. The molecule has 15 heavy (non-hydrogen) atoms. The number of unbranched alkanes of at least 4 members (excludes halogenated alkanes) is 2. The van der Waals surface area contributed by atoms with Crippen LogP contribution in [0.1, 0.15) is 31.2 Å². The van der Waals surface area contributed by atoms with E-state index in [1.165, 1.54) is 5.56 Å². The van der Waals surface area contributed by atoms with Crippen molar-refractivity contribution < 1.29 is 9.90 Å². The quantitative estimate of drug-likeness (QED) is 0.646. The van der Waals surface area contributed by atoms with Crippen molar-refractivity contribution >= 4 is 28.6 Å². The third-order valence-corrected chi connectivity index (χ3v) is 3.23. The summed E-state index contributed by atoms with van der Waals surface area (Å²) in [4.78, 5) is 10.3. The summed E-state index contributed by atoms with van der Waals surface area (Å²) in [6.45, 7) is 2.92. The van der Waals surface area contributed by atoms with Crippen molar-refractivity contribution in [1.29, 1.82) is 0 Å². The Labute approximate surface area is 103 Å². The molecule has 1 N–H and O–H groups in total. The number of aliphatic carboxylic acids is 1. The van der Waals surface area contributed by atoms with E-state index in [0.717, 1.165) is 29.5 Å². The summed E-state index contributed by atoms with van der Waals surface area (Å²) in [7, 11) is 0. The lowest BCUT2D eigenvalue weighted by molar-refractivity contribution is -0.137. The largest absolute Gasteiger partial charge is 0.481 e. The highest BCUT2D eigenvalue weighted by molar-refractivity contribution is 14.1. The molecule has 1 aromatic rings. The standard InChI is InChI=1S/C10H15IN2O2/c1-8-7-13(12-10(8)11)6-4-2-3-5-9(14)15/h7H,2-6H2,1H3,(H,14,15). The van der Waals surface area contributed by atoms with E-state index in [1.54, 1.807) is 0 Å². The number of aromatic nitrogens is 2. The maximum absolute atomic E-state index is 10.3.